The molecule has 0 bridgehead atoms. The van der Waals surface area contributed by atoms with Crippen molar-refractivity contribution in [2.24, 2.45) is 0 Å². The Morgan fingerprint density at radius 3 is 2.39 bits per heavy atom. The molecule has 3 aromatic carbocycles. The minimum atomic E-state index is -3.67. The highest BCUT2D eigenvalue weighted by Crippen LogP contribution is 2.22. The van der Waals surface area contributed by atoms with Gasteiger partial charge in [0.15, 0.2) is 0 Å². The van der Waals surface area contributed by atoms with E-state index in [2.05, 4.69) is 9.71 Å². The molecule has 0 fully saturated rings. The molecule has 0 aliphatic heterocycles. The molecule has 0 saturated carbocycles. The summed E-state index contributed by atoms with van der Waals surface area (Å²) in [4.78, 5) is 4.56. The van der Waals surface area contributed by atoms with Crippen LogP contribution in [0.5, 0.6) is 5.75 Å². The van der Waals surface area contributed by atoms with Gasteiger partial charge in [0.25, 0.3) is 10.0 Å². The molecule has 1 heterocycles. The van der Waals surface area contributed by atoms with Crippen LogP contribution >= 0.6 is 0 Å². The van der Waals surface area contributed by atoms with E-state index in [0.717, 1.165) is 16.7 Å². The molecular formula is C21H19N3O3S. The molecule has 4 aromatic rings. The highest BCUT2D eigenvalue weighted by atomic mass is 32.2. The Hall–Kier alpha value is -3.32. The number of anilines is 1. The topological polar surface area (TPSA) is 73.2 Å². The standard InChI is InChI=1S/C21H19N3O3S/c1-2-27-18-11-13-19(14-12-18)28(25,26)23-16-7-9-17(10-8-16)24-15-22-20-5-3-4-6-21(20)24/h3-15,23H,2H2,1H3. The predicted molar refractivity (Wildman–Crippen MR) is 109 cm³/mol. The van der Waals surface area contributed by atoms with Crippen molar-refractivity contribution in [3.8, 4) is 11.4 Å². The molecule has 0 unspecified atom stereocenters. The molecule has 1 N–H and O–H groups in total. The highest BCUT2D eigenvalue weighted by Gasteiger charge is 2.14. The average molecular weight is 393 g/mol. The fourth-order valence-corrected chi connectivity index (χ4v) is 4.01. The van der Waals surface area contributed by atoms with Crippen LogP contribution < -0.4 is 9.46 Å². The molecule has 7 heteroatoms. The summed E-state index contributed by atoms with van der Waals surface area (Å²) in [6, 6.07) is 21.4. The fourth-order valence-electron chi connectivity index (χ4n) is 2.95. The summed E-state index contributed by atoms with van der Waals surface area (Å²) >= 11 is 0. The Balaban J connectivity index is 1.55. The molecule has 0 saturated heterocycles. The first-order chi connectivity index (χ1) is 13.6. The largest absolute Gasteiger partial charge is 0.494 e. The molecule has 0 amide bonds. The smallest absolute Gasteiger partial charge is 0.261 e. The Morgan fingerprint density at radius 2 is 1.68 bits per heavy atom. The number of aromatic nitrogens is 2. The van der Waals surface area contributed by atoms with Crippen LogP contribution in [-0.2, 0) is 10.0 Å². The molecule has 0 aliphatic carbocycles. The van der Waals surface area contributed by atoms with E-state index < -0.39 is 10.0 Å². The number of nitrogens with one attached hydrogen (secondary N) is 1. The number of ether oxygens (including phenoxy) is 1. The molecule has 6 nitrogen and oxygen atoms in total. The second-order valence-electron chi connectivity index (χ2n) is 6.16. The summed E-state index contributed by atoms with van der Waals surface area (Å²) in [7, 11) is -3.67. The lowest BCUT2D eigenvalue weighted by molar-refractivity contribution is 0.340. The lowest BCUT2D eigenvalue weighted by Gasteiger charge is -2.10. The van der Waals surface area contributed by atoms with Gasteiger partial charge in [-0.25, -0.2) is 13.4 Å². The van der Waals surface area contributed by atoms with E-state index in [1.54, 1.807) is 30.6 Å². The number of para-hydroxylation sites is 2. The Bertz CT molecular complexity index is 1200. The van der Waals surface area contributed by atoms with E-state index >= 15 is 0 Å². The van der Waals surface area contributed by atoms with Crippen molar-refractivity contribution in [2.45, 2.75) is 11.8 Å². The van der Waals surface area contributed by atoms with Gasteiger partial charge in [-0.15, -0.1) is 0 Å². The Morgan fingerprint density at radius 1 is 0.964 bits per heavy atom. The third-order valence-corrected chi connectivity index (χ3v) is 5.69. The zero-order valence-corrected chi connectivity index (χ0v) is 16.1. The number of sulfonamides is 1. The van der Waals surface area contributed by atoms with E-state index in [0.29, 0.717) is 18.0 Å². The van der Waals surface area contributed by atoms with Gasteiger partial charge in [-0.05, 0) is 67.6 Å². The van der Waals surface area contributed by atoms with Crippen LogP contribution in [0, 0.1) is 0 Å². The number of hydrogen-bond acceptors (Lipinski definition) is 4. The van der Waals surface area contributed by atoms with E-state index in [4.69, 9.17) is 4.74 Å². The monoisotopic (exact) mass is 393 g/mol. The normalized spacial score (nSPS) is 11.5. The molecule has 4 rings (SSSR count). The summed E-state index contributed by atoms with van der Waals surface area (Å²) < 4.78 is 35.1. The maximum atomic E-state index is 12.6. The molecule has 0 spiro atoms. The van der Waals surface area contributed by atoms with Crippen LogP contribution in [0.4, 0.5) is 5.69 Å². The SMILES string of the molecule is CCOc1ccc(S(=O)(=O)Nc2ccc(-n3cnc4ccccc43)cc2)cc1. The van der Waals surface area contributed by atoms with Gasteiger partial charge in [0.05, 0.1) is 22.5 Å². The van der Waals surface area contributed by atoms with Crippen molar-refractivity contribution in [2.75, 3.05) is 11.3 Å². The van der Waals surface area contributed by atoms with Gasteiger partial charge in [0, 0.05) is 11.4 Å². The molecule has 0 radical (unpaired) electrons. The zero-order valence-electron chi connectivity index (χ0n) is 15.2. The summed E-state index contributed by atoms with van der Waals surface area (Å²) in [6.07, 6.45) is 1.75. The highest BCUT2D eigenvalue weighted by molar-refractivity contribution is 7.92. The fraction of sp³-hybridized carbons (Fsp3) is 0.0952. The van der Waals surface area contributed by atoms with Gasteiger partial charge < -0.3 is 4.74 Å². The van der Waals surface area contributed by atoms with Crippen molar-refractivity contribution in [3.63, 3.8) is 0 Å². The van der Waals surface area contributed by atoms with Crippen LogP contribution in [-0.4, -0.2) is 24.6 Å². The van der Waals surface area contributed by atoms with Crippen LogP contribution in [0.15, 0.2) is 84.0 Å². The Kier molecular flexibility index (Phi) is 4.75. The van der Waals surface area contributed by atoms with Crippen LogP contribution in [0.3, 0.4) is 0 Å². The first kappa shape index (κ1) is 18.1. The zero-order chi connectivity index (χ0) is 19.6. The lowest BCUT2D eigenvalue weighted by atomic mass is 10.2. The molecule has 142 valence electrons. The van der Waals surface area contributed by atoms with Crippen molar-refractivity contribution >= 4 is 26.7 Å². The first-order valence-corrected chi connectivity index (χ1v) is 10.3. The van der Waals surface area contributed by atoms with Crippen molar-refractivity contribution in [1.29, 1.82) is 0 Å². The van der Waals surface area contributed by atoms with Gasteiger partial charge in [-0.2, -0.15) is 0 Å². The second kappa shape index (κ2) is 7.36. The molecule has 28 heavy (non-hydrogen) atoms. The minimum Gasteiger partial charge on any atom is -0.494 e. The van der Waals surface area contributed by atoms with E-state index in [9.17, 15) is 8.42 Å². The van der Waals surface area contributed by atoms with Crippen molar-refractivity contribution in [3.05, 3.63) is 79.1 Å². The van der Waals surface area contributed by atoms with E-state index in [1.807, 2.05) is 47.9 Å². The quantitative estimate of drug-likeness (QED) is 0.532. The number of fused-ring (bicyclic) bond motifs is 1. The summed E-state index contributed by atoms with van der Waals surface area (Å²) in [5, 5.41) is 0. The van der Waals surface area contributed by atoms with Crippen LogP contribution in [0.2, 0.25) is 0 Å². The second-order valence-corrected chi connectivity index (χ2v) is 7.84. The maximum Gasteiger partial charge on any atom is 0.261 e. The number of nitrogens with zero attached hydrogens (tertiary/aromatic N) is 2. The Labute approximate surface area is 163 Å². The van der Waals surface area contributed by atoms with Crippen molar-refractivity contribution in [1.82, 2.24) is 9.55 Å². The van der Waals surface area contributed by atoms with Crippen LogP contribution in [0.25, 0.3) is 16.7 Å². The number of rotatable bonds is 6. The van der Waals surface area contributed by atoms with Gasteiger partial charge in [-0.1, -0.05) is 12.1 Å². The minimum absolute atomic E-state index is 0.181. The van der Waals surface area contributed by atoms with Crippen LogP contribution in [0.1, 0.15) is 6.92 Å². The van der Waals surface area contributed by atoms with E-state index in [1.165, 1.54) is 12.1 Å². The molecule has 0 aliphatic rings. The third-order valence-electron chi connectivity index (χ3n) is 4.30. The number of hydrogen-bond donors (Lipinski definition) is 1. The molecule has 1 aromatic heterocycles. The van der Waals surface area contributed by atoms with Gasteiger partial charge in [0.2, 0.25) is 0 Å². The summed E-state index contributed by atoms with van der Waals surface area (Å²) in [5.41, 5.74) is 3.28. The molecule has 0 atom stereocenters. The maximum absolute atomic E-state index is 12.6. The number of benzene rings is 3. The van der Waals surface area contributed by atoms with Gasteiger partial charge >= 0.3 is 0 Å². The average Bonchev–Trinajstić information content (AvgIpc) is 3.13. The third kappa shape index (κ3) is 3.57. The summed E-state index contributed by atoms with van der Waals surface area (Å²) in [6.45, 7) is 2.41. The predicted octanol–water partition coefficient (Wildman–Crippen LogP) is 4.23. The van der Waals surface area contributed by atoms with Gasteiger partial charge in [0.1, 0.15) is 12.1 Å². The lowest BCUT2D eigenvalue weighted by Crippen LogP contribution is -2.12. The first-order valence-electron chi connectivity index (χ1n) is 8.85. The summed E-state index contributed by atoms with van der Waals surface area (Å²) in [5.74, 6) is 0.637. The van der Waals surface area contributed by atoms with Crippen molar-refractivity contribution < 1.29 is 13.2 Å². The van der Waals surface area contributed by atoms with Gasteiger partial charge in [-0.3, -0.25) is 9.29 Å². The molecular weight excluding hydrogens is 374 g/mol. The van der Waals surface area contributed by atoms with E-state index in [-0.39, 0.29) is 4.90 Å². The number of imidazole rings is 1.